The summed E-state index contributed by atoms with van der Waals surface area (Å²) in [5.74, 6) is 1.91. The van der Waals surface area contributed by atoms with E-state index in [1.807, 2.05) is 18.2 Å². The number of hydrogen-bond acceptors (Lipinski definition) is 4. The molecule has 2 aromatic rings. The van der Waals surface area contributed by atoms with Crippen molar-refractivity contribution in [1.29, 1.82) is 0 Å². The van der Waals surface area contributed by atoms with Crippen molar-refractivity contribution in [1.82, 2.24) is 4.90 Å². The smallest absolute Gasteiger partial charge is 0.193 e. The number of fused-ring (bicyclic) bond motifs is 1. The molecule has 0 saturated carbocycles. The Balaban J connectivity index is 0.00000272. The van der Waals surface area contributed by atoms with E-state index in [2.05, 4.69) is 39.5 Å². The van der Waals surface area contributed by atoms with E-state index < -0.39 is 0 Å². The SMILES string of the molecule is I.NC(=NCc1cccc(CN2CCCCCC2)c1)Nc1ccc2c(c1)OCCCO2. The monoisotopic (exact) mass is 536 g/mol. The minimum absolute atomic E-state index is 0. The number of aliphatic imine (C=N–C) groups is 1. The van der Waals surface area contributed by atoms with E-state index in [-0.39, 0.29) is 24.0 Å². The molecule has 7 heteroatoms. The Bertz CT molecular complexity index is 866. The number of benzene rings is 2. The van der Waals surface area contributed by atoms with Crippen LogP contribution in [-0.2, 0) is 13.1 Å². The van der Waals surface area contributed by atoms with Gasteiger partial charge in [-0.1, -0.05) is 37.1 Å². The molecule has 0 atom stereocenters. The molecule has 2 aliphatic rings. The summed E-state index contributed by atoms with van der Waals surface area (Å²) < 4.78 is 11.4. The Morgan fingerprint density at radius 2 is 1.65 bits per heavy atom. The number of rotatable bonds is 5. The van der Waals surface area contributed by atoms with Crippen molar-refractivity contribution in [2.45, 2.75) is 45.2 Å². The fraction of sp³-hybridized carbons (Fsp3) is 0.458. The van der Waals surface area contributed by atoms with Crippen LogP contribution < -0.4 is 20.5 Å². The first-order valence-corrected chi connectivity index (χ1v) is 11.0. The van der Waals surface area contributed by atoms with E-state index in [0.717, 1.165) is 30.2 Å². The van der Waals surface area contributed by atoms with E-state index in [9.17, 15) is 0 Å². The van der Waals surface area contributed by atoms with Gasteiger partial charge in [0.2, 0.25) is 0 Å². The number of halogens is 1. The van der Waals surface area contributed by atoms with Gasteiger partial charge in [0, 0.05) is 24.7 Å². The maximum Gasteiger partial charge on any atom is 0.193 e. The number of ether oxygens (including phenoxy) is 2. The number of nitrogens with zero attached hydrogens (tertiary/aromatic N) is 2. The van der Waals surface area contributed by atoms with Crippen LogP contribution in [0.4, 0.5) is 5.69 Å². The van der Waals surface area contributed by atoms with Gasteiger partial charge in [-0.05, 0) is 49.2 Å². The fourth-order valence-electron chi connectivity index (χ4n) is 3.98. The van der Waals surface area contributed by atoms with Crippen LogP contribution in [0, 0.1) is 0 Å². The van der Waals surface area contributed by atoms with Gasteiger partial charge in [-0.2, -0.15) is 0 Å². The third kappa shape index (κ3) is 7.28. The Morgan fingerprint density at radius 3 is 2.45 bits per heavy atom. The zero-order chi connectivity index (χ0) is 20.6. The maximum absolute atomic E-state index is 6.12. The lowest BCUT2D eigenvalue weighted by Crippen LogP contribution is -2.24. The third-order valence-electron chi connectivity index (χ3n) is 5.55. The van der Waals surface area contributed by atoms with Crippen LogP contribution in [0.25, 0.3) is 0 Å². The normalized spacial score (nSPS) is 17.2. The van der Waals surface area contributed by atoms with Crippen molar-refractivity contribution >= 4 is 35.6 Å². The highest BCUT2D eigenvalue weighted by atomic mass is 127. The summed E-state index contributed by atoms with van der Waals surface area (Å²) in [5, 5.41) is 3.15. The maximum atomic E-state index is 6.12. The van der Waals surface area contributed by atoms with Crippen LogP contribution in [0.15, 0.2) is 47.5 Å². The van der Waals surface area contributed by atoms with Gasteiger partial charge >= 0.3 is 0 Å². The summed E-state index contributed by atoms with van der Waals surface area (Å²) in [6.07, 6.45) is 6.23. The summed E-state index contributed by atoms with van der Waals surface area (Å²) in [6.45, 7) is 5.32. The third-order valence-corrected chi connectivity index (χ3v) is 5.55. The van der Waals surface area contributed by atoms with Gasteiger partial charge in [0.1, 0.15) is 0 Å². The number of anilines is 1. The highest BCUT2D eigenvalue weighted by molar-refractivity contribution is 14.0. The summed E-state index contributed by atoms with van der Waals surface area (Å²) in [7, 11) is 0. The van der Waals surface area contributed by atoms with Crippen molar-refractivity contribution in [3.8, 4) is 11.5 Å². The summed E-state index contributed by atoms with van der Waals surface area (Å²) in [4.78, 5) is 7.09. The number of likely N-dealkylation sites (tertiary alicyclic amines) is 1. The molecule has 0 aliphatic carbocycles. The zero-order valence-corrected chi connectivity index (χ0v) is 20.3. The molecule has 0 amide bonds. The molecule has 2 heterocycles. The summed E-state index contributed by atoms with van der Waals surface area (Å²) >= 11 is 0. The zero-order valence-electron chi connectivity index (χ0n) is 18.0. The van der Waals surface area contributed by atoms with Crippen LogP contribution in [0.3, 0.4) is 0 Å². The van der Waals surface area contributed by atoms with E-state index in [1.165, 1.54) is 49.9 Å². The standard InChI is InChI=1S/C24H32N4O2.HI/c25-24(27-21-9-10-22-23(16-21)30-14-6-13-29-22)26-17-19-7-5-8-20(15-19)18-28-11-3-1-2-4-12-28;/h5,7-10,15-16H,1-4,6,11-14,17-18H2,(H3,25,26,27);1H. The molecule has 4 rings (SSSR count). The molecule has 0 spiro atoms. The van der Waals surface area contributed by atoms with Crippen molar-refractivity contribution < 1.29 is 9.47 Å². The number of nitrogens with one attached hydrogen (secondary N) is 1. The van der Waals surface area contributed by atoms with E-state index in [0.29, 0.717) is 25.7 Å². The predicted molar refractivity (Wildman–Crippen MR) is 137 cm³/mol. The lowest BCUT2D eigenvalue weighted by Gasteiger charge is -2.20. The van der Waals surface area contributed by atoms with Gasteiger partial charge in [-0.25, -0.2) is 4.99 Å². The fourth-order valence-corrected chi connectivity index (χ4v) is 3.98. The molecule has 3 N–H and O–H groups in total. The number of hydrogen-bond donors (Lipinski definition) is 2. The minimum Gasteiger partial charge on any atom is -0.490 e. The minimum atomic E-state index is 0. The van der Waals surface area contributed by atoms with Crippen LogP contribution in [-0.4, -0.2) is 37.2 Å². The largest absolute Gasteiger partial charge is 0.490 e. The predicted octanol–water partition coefficient (Wildman–Crippen LogP) is 4.77. The van der Waals surface area contributed by atoms with Crippen LogP contribution in [0.5, 0.6) is 11.5 Å². The first-order valence-electron chi connectivity index (χ1n) is 11.0. The molecule has 168 valence electrons. The highest BCUT2D eigenvalue weighted by Gasteiger charge is 2.11. The Morgan fingerprint density at radius 1 is 0.903 bits per heavy atom. The molecule has 1 saturated heterocycles. The molecule has 2 aromatic carbocycles. The second kappa shape index (κ2) is 12.1. The molecule has 0 bridgehead atoms. The first kappa shape index (κ1) is 23.7. The van der Waals surface area contributed by atoms with Crippen molar-refractivity contribution in [3.05, 3.63) is 53.6 Å². The number of nitrogens with two attached hydrogens (primary N) is 1. The van der Waals surface area contributed by atoms with Crippen molar-refractivity contribution in [2.24, 2.45) is 10.7 Å². The lowest BCUT2D eigenvalue weighted by atomic mass is 10.1. The summed E-state index contributed by atoms with van der Waals surface area (Å²) in [5.41, 5.74) is 9.49. The average Bonchev–Trinajstić information content (AvgIpc) is 3.15. The molecule has 31 heavy (non-hydrogen) atoms. The molecule has 0 aromatic heterocycles. The Kier molecular flexibility index (Phi) is 9.27. The molecular formula is C24H33IN4O2. The average molecular weight is 536 g/mol. The second-order valence-electron chi connectivity index (χ2n) is 8.05. The molecule has 0 radical (unpaired) electrons. The highest BCUT2D eigenvalue weighted by Crippen LogP contribution is 2.32. The Labute approximate surface area is 202 Å². The second-order valence-corrected chi connectivity index (χ2v) is 8.05. The van der Waals surface area contributed by atoms with E-state index >= 15 is 0 Å². The van der Waals surface area contributed by atoms with Gasteiger partial charge in [-0.15, -0.1) is 24.0 Å². The van der Waals surface area contributed by atoms with E-state index in [1.54, 1.807) is 0 Å². The van der Waals surface area contributed by atoms with Gasteiger partial charge in [0.05, 0.1) is 19.8 Å². The van der Waals surface area contributed by atoms with Crippen molar-refractivity contribution in [2.75, 3.05) is 31.6 Å². The van der Waals surface area contributed by atoms with Crippen molar-refractivity contribution in [3.63, 3.8) is 0 Å². The first-order chi connectivity index (χ1) is 14.8. The van der Waals surface area contributed by atoms with E-state index in [4.69, 9.17) is 15.2 Å². The summed E-state index contributed by atoms with van der Waals surface area (Å²) in [6, 6.07) is 14.4. The number of guanidine groups is 1. The molecular weight excluding hydrogens is 503 g/mol. The van der Waals surface area contributed by atoms with Gasteiger partial charge in [-0.3, -0.25) is 4.90 Å². The molecule has 0 unspecified atom stereocenters. The van der Waals surface area contributed by atoms with Gasteiger partial charge < -0.3 is 20.5 Å². The van der Waals surface area contributed by atoms with Crippen LogP contribution in [0.1, 0.15) is 43.2 Å². The van der Waals surface area contributed by atoms with Crippen LogP contribution in [0.2, 0.25) is 0 Å². The molecule has 6 nitrogen and oxygen atoms in total. The van der Waals surface area contributed by atoms with Gasteiger partial charge in [0.15, 0.2) is 17.5 Å². The molecule has 1 fully saturated rings. The quantitative estimate of drug-likeness (QED) is 0.328. The molecule has 2 aliphatic heterocycles. The lowest BCUT2D eigenvalue weighted by molar-refractivity contribution is 0.277. The van der Waals surface area contributed by atoms with Gasteiger partial charge in [0.25, 0.3) is 0 Å². The Hall–Kier alpha value is -2.00. The van der Waals surface area contributed by atoms with Crippen LogP contribution >= 0.6 is 24.0 Å². The topological polar surface area (TPSA) is 72.1 Å².